The lowest BCUT2D eigenvalue weighted by atomic mass is 9.97. The second-order valence-corrected chi connectivity index (χ2v) is 8.11. The Labute approximate surface area is 195 Å². The molecule has 0 spiro atoms. The molecule has 1 fully saturated rings. The van der Waals surface area contributed by atoms with Crippen LogP contribution in [0.25, 0.3) is 28.3 Å². The number of rotatable bonds is 7. The molecule has 1 unspecified atom stereocenters. The Morgan fingerprint density at radius 2 is 1.41 bits per heavy atom. The average molecular weight is 458 g/mol. The summed E-state index contributed by atoms with van der Waals surface area (Å²) in [5, 5.41) is 0. The van der Waals surface area contributed by atoms with Crippen molar-refractivity contribution >= 4 is 6.08 Å². The monoisotopic (exact) mass is 458 g/mol. The predicted octanol–water partition coefficient (Wildman–Crippen LogP) is 7.73. The van der Waals surface area contributed by atoms with Crippen LogP contribution in [0, 0.1) is 17.5 Å². The van der Waals surface area contributed by atoms with E-state index in [0.29, 0.717) is 17.7 Å². The zero-order chi connectivity index (χ0) is 23.7. The van der Waals surface area contributed by atoms with Gasteiger partial charge in [-0.15, -0.1) is 0 Å². The molecule has 170 valence electrons. The van der Waals surface area contributed by atoms with Crippen molar-refractivity contribution in [3.8, 4) is 28.0 Å². The van der Waals surface area contributed by atoms with Crippen LogP contribution < -0.4 is 4.74 Å². The first-order chi connectivity index (χ1) is 16.5. The van der Waals surface area contributed by atoms with E-state index in [9.17, 15) is 13.2 Å². The summed E-state index contributed by atoms with van der Waals surface area (Å²) < 4.78 is 54.8. The fraction of sp³-hybridized carbons (Fsp3) is 0.103. The van der Waals surface area contributed by atoms with Crippen LogP contribution in [-0.4, -0.2) is 6.61 Å². The SMILES string of the molecule is C=Cc1ccc(-c2ccc(-c3ccc(COc4ccc(C5CO5)cc4F)cc3)c(F)c2F)cc1. The van der Waals surface area contributed by atoms with E-state index in [4.69, 9.17) is 9.47 Å². The molecule has 0 N–H and O–H groups in total. The van der Waals surface area contributed by atoms with Crippen molar-refractivity contribution in [3.05, 3.63) is 120 Å². The molecule has 1 heterocycles. The maximum atomic E-state index is 14.9. The Kier molecular flexibility index (Phi) is 5.95. The van der Waals surface area contributed by atoms with Gasteiger partial charge in [-0.1, -0.05) is 79.4 Å². The van der Waals surface area contributed by atoms with E-state index >= 15 is 0 Å². The number of benzene rings is 4. The van der Waals surface area contributed by atoms with E-state index in [1.807, 2.05) is 0 Å². The van der Waals surface area contributed by atoms with Crippen LogP contribution in [0.15, 0.2) is 85.4 Å². The van der Waals surface area contributed by atoms with Crippen molar-refractivity contribution in [2.75, 3.05) is 6.61 Å². The maximum absolute atomic E-state index is 14.9. The predicted molar refractivity (Wildman–Crippen MR) is 127 cm³/mol. The summed E-state index contributed by atoms with van der Waals surface area (Å²) in [6.45, 7) is 4.45. The lowest BCUT2D eigenvalue weighted by Crippen LogP contribution is -1.98. The first-order valence-electron chi connectivity index (χ1n) is 10.9. The van der Waals surface area contributed by atoms with Gasteiger partial charge in [-0.25, -0.2) is 13.2 Å². The van der Waals surface area contributed by atoms with Crippen molar-refractivity contribution in [2.24, 2.45) is 0 Å². The van der Waals surface area contributed by atoms with Gasteiger partial charge in [0, 0.05) is 11.1 Å². The highest BCUT2D eigenvalue weighted by Crippen LogP contribution is 2.33. The van der Waals surface area contributed by atoms with Crippen molar-refractivity contribution < 1.29 is 22.6 Å². The molecule has 0 aromatic heterocycles. The van der Waals surface area contributed by atoms with E-state index in [0.717, 1.165) is 16.7 Å². The van der Waals surface area contributed by atoms with E-state index in [-0.39, 0.29) is 29.6 Å². The average Bonchev–Trinajstić information content (AvgIpc) is 3.71. The Bertz CT molecular complexity index is 1340. The number of epoxide rings is 1. The summed E-state index contributed by atoms with van der Waals surface area (Å²) >= 11 is 0. The Balaban J connectivity index is 1.31. The smallest absolute Gasteiger partial charge is 0.167 e. The molecule has 0 bridgehead atoms. The molecule has 0 saturated carbocycles. The minimum atomic E-state index is -0.906. The third-order valence-electron chi connectivity index (χ3n) is 5.86. The van der Waals surface area contributed by atoms with Crippen LogP contribution in [0.1, 0.15) is 22.8 Å². The van der Waals surface area contributed by atoms with Gasteiger partial charge in [0.1, 0.15) is 12.7 Å². The van der Waals surface area contributed by atoms with E-state index in [2.05, 4.69) is 6.58 Å². The third kappa shape index (κ3) is 4.47. The van der Waals surface area contributed by atoms with Gasteiger partial charge in [-0.2, -0.15) is 0 Å². The highest BCUT2D eigenvalue weighted by molar-refractivity contribution is 5.72. The van der Waals surface area contributed by atoms with Crippen LogP contribution >= 0.6 is 0 Å². The quantitative estimate of drug-likeness (QED) is 0.264. The van der Waals surface area contributed by atoms with Crippen LogP contribution in [0.3, 0.4) is 0 Å². The number of ether oxygens (including phenoxy) is 2. The molecule has 1 aliphatic rings. The van der Waals surface area contributed by atoms with Crippen molar-refractivity contribution in [1.29, 1.82) is 0 Å². The minimum Gasteiger partial charge on any atom is -0.486 e. The van der Waals surface area contributed by atoms with E-state index in [1.54, 1.807) is 78.9 Å². The summed E-state index contributed by atoms with van der Waals surface area (Å²) in [6, 6.07) is 21.9. The van der Waals surface area contributed by atoms with Crippen LogP contribution in [0.5, 0.6) is 5.75 Å². The largest absolute Gasteiger partial charge is 0.486 e. The lowest BCUT2D eigenvalue weighted by Gasteiger charge is -2.11. The zero-order valence-electron chi connectivity index (χ0n) is 18.2. The molecule has 5 heteroatoms. The van der Waals surface area contributed by atoms with Crippen LogP contribution in [0.4, 0.5) is 13.2 Å². The third-order valence-corrected chi connectivity index (χ3v) is 5.86. The van der Waals surface area contributed by atoms with Gasteiger partial charge in [-0.3, -0.25) is 0 Å². The molecule has 0 radical (unpaired) electrons. The Morgan fingerprint density at radius 3 is 1.94 bits per heavy atom. The van der Waals surface area contributed by atoms with E-state index in [1.165, 1.54) is 6.07 Å². The van der Waals surface area contributed by atoms with Gasteiger partial charge < -0.3 is 9.47 Å². The van der Waals surface area contributed by atoms with E-state index < -0.39 is 17.5 Å². The van der Waals surface area contributed by atoms with Gasteiger partial charge in [0.05, 0.1) is 6.61 Å². The van der Waals surface area contributed by atoms with Gasteiger partial charge in [0.25, 0.3) is 0 Å². The fourth-order valence-corrected chi connectivity index (χ4v) is 3.81. The number of hydrogen-bond donors (Lipinski definition) is 0. The maximum Gasteiger partial charge on any atom is 0.167 e. The second kappa shape index (κ2) is 9.20. The van der Waals surface area contributed by atoms with Crippen LogP contribution in [0.2, 0.25) is 0 Å². The molecule has 34 heavy (non-hydrogen) atoms. The molecule has 0 amide bonds. The van der Waals surface area contributed by atoms with Gasteiger partial charge >= 0.3 is 0 Å². The fourth-order valence-electron chi connectivity index (χ4n) is 3.81. The van der Waals surface area contributed by atoms with Crippen molar-refractivity contribution in [1.82, 2.24) is 0 Å². The van der Waals surface area contributed by atoms with Gasteiger partial charge in [0.2, 0.25) is 0 Å². The molecule has 2 nitrogen and oxygen atoms in total. The van der Waals surface area contributed by atoms with Gasteiger partial charge in [-0.05, 0) is 39.9 Å². The Hall–Kier alpha value is -3.83. The van der Waals surface area contributed by atoms with Crippen molar-refractivity contribution in [2.45, 2.75) is 12.7 Å². The molecular weight excluding hydrogens is 437 g/mol. The minimum absolute atomic E-state index is 0.0202. The molecule has 4 aromatic carbocycles. The summed E-state index contributed by atoms with van der Waals surface area (Å²) in [6.07, 6.45) is 1.67. The lowest BCUT2D eigenvalue weighted by molar-refractivity contribution is 0.290. The first kappa shape index (κ1) is 22.0. The Morgan fingerprint density at radius 1 is 0.824 bits per heavy atom. The molecular formula is C29H21F3O2. The molecule has 5 rings (SSSR count). The normalized spacial score (nSPS) is 14.6. The highest BCUT2D eigenvalue weighted by Gasteiger charge is 2.25. The standard InChI is InChI=1S/C29H21F3O2/c1-2-18-3-7-20(8-4-18)23-12-13-24(29(32)28(23)31)21-9-5-19(6-10-21)16-33-26-14-11-22(15-25(26)30)27-17-34-27/h2-15,27H,1,16-17H2. The molecule has 1 atom stereocenters. The zero-order valence-corrected chi connectivity index (χ0v) is 18.2. The van der Waals surface area contributed by atoms with Gasteiger partial charge in [0.15, 0.2) is 23.2 Å². The summed E-state index contributed by atoms with van der Waals surface area (Å²) in [5.74, 6) is -2.09. The number of hydrogen-bond acceptors (Lipinski definition) is 2. The first-order valence-corrected chi connectivity index (χ1v) is 10.9. The summed E-state index contributed by atoms with van der Waals surface area (Å²) in [5.41, 5.74) is 3.96. The second-order valence-electron chi connectivity index (χ2n) is 8.11. The molecule has 1 saturated heterocycles. The summed E-state index contributed by atoms with van der Waals surface area (Å²) in [7, 11) is 0. The number of halogens is 3. The highest BCUT2D eigenvalue weighted by atomic mass is 19.2. The topological polar surface area (TPSA) is 21.8 Å². The summed E-state index contributed by atoms with van der Waals surface area (Å²) in [4.78, 5) is 0. The molecule has 4 aromatic rings. The molecule has 1 aliphatic heterocycles. The molecule has 0 aliphatic carbocycles. The van der Waals surface area contributed by atoms with Crippen molar-refractivity contribution in [3.63, 3.8) is 0 Å². The van der Waals surface area contributed by atoms with Crippen LogP contribution in [-0.2, 0) is 11.3 Å².